The molecule has 0 aliphatic heterocycles. The van der Waals surface area contributed by atoms with Gasteiger partial charge in [0.15, 0.2) is 0 Å². The highest BCUT2D eigenvalue weighted by atomic mass is 32.1. The van der Waals surface area contributed by atoms with Gasteiger partial charge in [-0.1, -0.05) is 18.2 Å². The fraction of sp³-hybridized carbons (Fsp3) is 0.263. The fourth-order valence-corrected chi connectivity index (χ4v) is 3.89. The number of para-hydroxylation sites is 1. The molecule has 0 unspecified atom stereocenters. The topological polar surface area (TPSA) is 81.1 Å². The summed E-state index contributed by atoms with van der Waals surface area (Å²) in [5.74, 6) is 0.297. The maximum atomic E-state index is 12.9. The predicted molar refractivity (Wildman–Crippen MR) is 103 cm³/mol. The van der Waals surface area contributed by atoms with Crippen molar-refractivity contribution >= 4 is 38.9 Å². The Morgan fingerprint density at radius 2 is 1.88 bits per heavy atom. The first-order valence-corrected chi connectivity index (χ1v) is 9.06. The molecule has 0 aliphatic rings. The van der Waals surface area contributed by atoms with Crippen molar-refractivity contribution in [1.82, 2.24) is 9.55 Å². The summed E-state index contributed by atoms with van der Waals surface area (Å²) in [5, 5.41) is 3.29. The summed E-state index contributed by atoms with van der Waals surface area (Å²) in [6.07, 6.45) is 0.276. The lowest BCUT2D eigenvalue weighted by Gasteiger charge is -2.08. The second kappa shape index (κ2) is 7.21. The van der Waals surface area contributed by atoms with Crippen molar-refractivity contribution in [3.8, 4) is 0 Å². The standard InChI is InChI=1S/C19H19N3O3S/c1-11(23)9-10-22-13(3)20-18-15(19(22)25)12(2)16(26-18)17(24)21-14-7-5-4-6-8-14/h4-8H,9-10H2,1-3H3,(H,21,24). The molecular formula is C19H19N3O3S. The Hall–Kier alpha value is -2.80. The van der Waals surface area contributed by atoms with Crippen molar-refractivity contribution in [3.05, 3.63) is 57.0 Å². The van der Waals surface area contributed by atoms with Gasteiger partial charge in [0.25, 0.3) is 11.5 Å². The minimum atomic E-state index is -0.260. The molecular weight excluding hydrogens is 350 g/mol. The number of benzene rings is 1. The zero-order valence-corrected chi connectivity index (χ0v) is 15.6. The molecule has 0 atom stereocenters. The van der Waals surface area contributed by atoms with Gasteiger partial charge in [0, 0.05) is 18.7 Å². The maximum absolute atomic E-state index is 12.9. The zero-order chi connectivity index (χ0) is 18.8. The summed E-state index contributed by atoms with van der Waals surface area (Å²) < 4.78 is 1.50. The number of ketones is 1. The molecule has 2 heterocycles. The number of rotatable bonds is 5. The van der Waals surface area contributed by atoms with Gasteiger partial charge in [-0.15, -0.1) is 11.3 Å². The minimum Gasteiger partial charge on any atom is -0.321 e. The number of hydrogen-bond donors (Lipinski definition) is 1. The van der Waals surface area contributed by atoms with Crippen LogP contribution in [0.1, 0.15) is 34.4 Å². The number of Topliss-reactive ketones (excluding diaryl/α,β-unsaturated/α-hetero) is 1. The van der Waals surface area contributed by atoms with E-state index < -0.39 is 0 Å². The van der Waals surface area contributed by atoms with E-state index in [1.807, 2.05) is 18.2 Å². The highest BCUT2D eigenvalue weighted by Crippen LogP contribution is 2.28. The predicted octanol–water partition coefficient (Wildman–Crippen LogP) is 3.31. The van der Waals surface area contributed by atoms with Gasteiger partial charge >= 0.3 is 0 Å². The van der Waals surface area contributed by atoms with Crippen molar-refractivity contribution < 1.29 is 9.59 Å². The third-order valence-electron chi connectivity index (χ3n) is 4.17. The number of carbonyl (C=O) groups excluding carboxylic acids is 2. The SMILES string of the molecule is CC(=O)CCn1c(C)nc2sc(C(=O)Nc3ccccc3)c(C)c2c1=O. The molecule has 7 heteroatoms. The third kappa shape index (κ3) is 3.43. The molecule has 134 valence electrons. The van der Waals surface area contributed by atoms with E-state index in [2.05, 4.69) is 10.3 Å². The summed E-state index contributed by atoms with van der Waals surface area (Å²) in [7, 11) is 0. The van der Waals surface area contributed by atoms with Gasteiger partial charge in [0.05, 0.1) is 10.3 Å². The van der Waals surface area contributed by atoms with Crippen LogP contribution in [0.2, 0.25) is 0 Å². The zero-order valence-electron chi connectivity index (χ0n) is 14.8. The molecule has 0 saturated heterocycles. The van der Waals surface area contributed by atoms with Gasteiger partial charge in [-0.25, -0.2) is 4.98 Å². The number of aromatic nitrogens is 2. The first-order chi connectivity index (χ1) is 12.4. The van der Waals surface area contributed by atoms with Crippen LogP contribution < -0.4 is 10.9 Å². The molecule has 0 fully saturated rings. The fourth-order valence-electron chi connectivity index (χ4n) is 2.78. The van der Waals surface area contributed by atoms with Crippen molar-refractivity contribution in [1.29, 1.82) is 0 Å². The van der Waals surface area contributed by atoms with Crippen LogP contribution in [0.25, 0.3) is 10.2 Å². The molecule has 1 aromatic carbocycles. The Labute approximate surface area is 154 Å². The molecule has 3 rings (SSSR count). The quantitative estimate of drug-likeness (QED) is 0.748. The summed E-state index contributed by atoms with van der Waals surface area (Å²) in [5.41, 5.74) is 1.10. The number of fused-ring (bicyclic) bond motifs is 1. The van der Waals surface area contributed by atoms with E-state index in [9.17, 15) is 14.4 Å². The number of hydrogen-bond acceptors (Lipinski definition) is 5. The van der Waals surface area contributed by atoms with Crippen molar-refractivity contribution in [3.63, 3.8) is 0 Å². The van der Waals surface area contributed by atoms with Gasteiger partial charge < -0.3 is 5.32 Å². The minimum absolute atomic E-state index is 0.0152. The third-order valence-corrected chi connectivity index (χ3v) is 5.35. The summed E-state index contributed by atoms with van der Waals surface area (Å²) in [4.78, 5) is 42.2. The Morgan fingerprint density at radius 3 is 2.54 bits per heavy atom. The number of amides is 1. The normalized spacial score (nSPS) is 10.9. The molecule has 0 radical (unpaired) electrons. The molecule has 3 aromatic rings. The average Bonchev–Trinajstić information content (AvgIpc) is 2.92. The number of nitrogens with zero attached hydrogens (tertiary/aromatic N) is 2. The van der Waals surface area contributed by atoms with Crippen LogP contribution in [0.15, 0.2) is 35.1 Å². The van der Waals surface area contributed by atoms with Crippen LogP contribution in [0, 0.1) is 13.8 Å². The Balaban J connectivity index is 2.02. The van der Waals surface area contributed by atoms with Crippen molar-refractivity contribution in [2.45, 2.75) is 33.7 Å². The first kappa shape index (κ1) is 18.0. The molecule has 0 aliphatic carbocycles. The van der Waals surface area contributed by atoms with Crippen LogP contribution in [-0.2, 0) is 11.3 Å². The number of carbonyl (C=O) groups is 2. The second-order valence-corrected chi connectivity index (χ2v) is 7.12. The number of anilines is 1. The second-order valence-electron chi connectivity index (χ2n) is 6.12. The molecule has 26 heavy (non-hydrogen) atoms. The lowest BCUT2D eigenvalue weighted by Crippen LogP contribution is -2.24. The van der Waals surface area contributed by atoms with Crippen LogP contribution in [0.3, 0.4) is 0 Å². The lowest BCUT2D eigenvalue weighted by molar-refractivity contribution is -0.117. The number of nitrogens with one attached hydrogen (secondary N) is 1. The highest BCUT2D eigenvalue weighted by molar-refractivity contribution is 7.20. The Bertz CT molecular complexity index is 1050. The molecule has 0 bridgehead atoms. The summed E-state index contributed by atoms with van der Waals surface area (Å²) in [6.45, 7) is 5.28. The summed E-state index contributed by atoms with van der Waals surface area (Å²) in [6, 6.07) is 9.16. The van der Waals surface area contributed by atoms with Gasteiger partial charge in [-0.05, 0) is 38.5 Å². The van der Waals surface area contributed by atoms with E-state index in [0.717, 1.165) is 0 Å². The van der Waals surface area contributed by atoms with E-state index in [1.54, 1.807) is 26.0 Å². The largest absolute Gasteiger partial charge is 0.321 e. The van der Waals surface area contributed by atoms with E-state index in [0.29, 0.717) is 38.7 Å². The molecule has 1 N–H and O–H groups in total. The van der Waals surface area contributed by atoms with Crippen LogP contribution in [-0.4, -0.2) is 21.2 Å². The van der Waals surface area contributed by atoms with Crippen LogP contribution in [0.4, 0.5) is 5.69 Å². The van der Waals surface area contributed by atoms with E-state index in [-0.39, 0.29) is 23.7 Å². The average molecular weight is 369 g/mol. The number of thiophene rings is 1. The van der Waals surface area contributed by atoms with Gasteiger partial charge in [0.2, 0.25) is 0 Å². The van der Waals surface area contributed by atoms with Crippen molar-refractivity contribution in [2.24, 2.45) is 0 Å². The monoisotopic (exact) mass is 369 g/mol. The Kier molecular flexibility index (Phi) is 4.99. The van der Waals surface area contributed by atoms with E-state index in [4.69, 9.17) is 0 Å². The smallest absolute Gasteiger partial charge is 0.266 e. The molecule has 0 spiro atoms. The maximum Gasteiger partial charge on any atom is 0.266 e. The molecule has 1 amide bonds. The van der Waals surface area contributed by atoms with Crippen molar-refractivity contribution in [2.75, 3.05) is 5.32 Å². The molecule has 2 aromatic heterocycles. The lowest BCUT2D eigenvalue weighted by atomic mass is 10.2. The van der Waals surface area contributed by atoms with Gasteiger partial charge in [-0.3, -0.25) is 19.0 Å². The molecule has 6 nitrogen and oxygen atoms in total. The highest BCUT2D eigenvalue weighted by Gasteiger charge is 2.20. The number of aryl methyl sites for hydroxylation is 2. The summed E-state index contributed by atoms with van der Waals surface area (Å²) >= 11 is 1.21. The van der Waals surface area contributed by atoms with Crippen LogP contribution in [0.5, 0.6) is 0 Å². The Morgan fingerprint density at radius 1 is 1.19 bits per heavy atom. The van der Waals surface area contributed by atoms with Crippen LogP contribution >= 0.6 is 11.3 Å². The van der Waals surface area contributed by atoms with Gasteiger partial charge in [-0.2, -0.15) is 0 Å². The van der Waals surface area contributed by atoms with E-state index >= 15 is 0 Å². The van der Waals surface area contributed by atoms with Gasteiger partial charge in [0.1, 0.15) is 16.4 Å². The molecule has 0 saturated carbocycles. The van der Waals surface area contributed by atoms with E-state index in [1.165, 1.54) is 22.8 Å². The first-order valence-electron chi connectivity index (χ1n) is 8.25.